The molecule has 0 heterocycles. The fraction of sp³-hybridized carbons (Fsp3) is 0.294. The molecule has 2 aromatic rings. The van der Waals surface area contributed by atoms with Gasteiger partial charge in [0.15, 0.2) is 0 Å². The number of hydrogen-bond acceptors (Lipinski definition) is 2. The third-order valence-electron chi connectivity index (χ3n) is 3.88. The van der Waals surface area contributed by atoms with Crippen molar-refractivity contribution >= 4 is 11.6 Å². The smallest absolute Gasteiger partial charge is 0.129 e. The summed E-state index contributed by atoms with van der Waals surface area (Å²) in [6.07, 6.45) is 3.19. The Morgan fingerprint density at radius 3 is 2.95 bits per heavy atom. The van der Waals surface area contributed by atoms with Crippen LogP contribution in [0.5, 0.6) is 5.75 Å². The minimum atomic E-state index is -0.311. The molecular formula is C17H17ClFNO. The molecule has 0 fully saturated rings. The molecule has 0 saturated carbocycles. The summed E-state index contributed by atoms with van der Waals surface area (Å²) in [4.78, 5) is 0. The lowest BCUT2D eigenvalue weighted by molar-refractivity contribution is 0.299. The summed E-state index contributed by atoms with van der Waals surface area (Å²) in [5.74, 6) is 0.402. The third kappa shape index (κ3) is 3.20. The summed E-state index contributed by atoms with van der Waals surface area (Å²) in [6.45, 7) is 0.153. The standard InChI is InChI=1S/C17H17ClFNO/c18-13-5-7-16(19)12(8-13)10-21-14-6-4-11-2-1-3-17(20)15(11)9-14/h4-9,17H,1-3,10,20H2/t17-/m0/s1. The number of aryl methyl sites for hydroxylation is 1. The first-order chi connectivity index (χ1) is 10.1. The minimum Gasteiger partial charge on any atom is -0.489 e. The quantitative estimate of drug-likeness (QED) is 0.912. The van der Waals surface area contributed by atoms with E-state index in [0.29, 0.717) is 16.3 Å². The Labute approximate surface area is 128 Å². The Hall–Kier alpha value is -1.58. The van der Waals surface area contributed by atoms with Crippen molar-refractivity contribution in [3.63, 3.8) is 0 Å². The Morgan fingerprint density at radius 1 is 1.24 bits per heavy atom. The fourth-order valence-electron chi connectivity index (χ4n) is 2.72. The lowest BCUT2D eigenvalue weighted by Gasteiger charge is -2.22. The van der Waals surface area contributed by atoms with Gasteiger partial charge in [-0.3, -0.25) is 0 Å². The number of rotatable bonds is 3. The van der Waals surface area contributed by atoms with Gasteiger partial charge in [0, 0.05) is 16.6 Å². The lowest BCUT2D eigenvalue weighted by Crippen LogP contribution is -2.17. The second-order valence-corrected chi connectivity index (χ2v) is 5.82. The maximum absolute atomic E-state index is 13.6. The number of fused-ring (bicyclic) bond motifs is 1. The van der Waals surface area contributed by atoms with Crippen molar-refractivity contribution in [3.8, 4) is 5.75 Å². The van der Waals surface area contributed by atoms with Crippen LogP contribution in [-0.2, 0) is 13.0 Å². The van der Waals surface area contributed by atoms with Gasteiger partial charge in [0.05, 0.1) is 0 Å². The summed E-state index contributed by atoms with van der Waals surface area (Å²) < 4.78 is 19.3. The highest BCUT2D eigenvalue weighted by molar-refractivity contribution is 6.30. The molecule has 0 saturated heterocycles. The Morgan fingerprint density at radius 2 is 2.10 bits per heavy atom. The molecule has 0 aliphatic heterocycles. The molecule has 1 aliphatic carbocycles. The largest absolute Gasteiger partial charge is 0.489 e. The zero-order chi connectivity index (χ0) is 14.8. The molecule has 1 aliphatic rings. The molecule has 4 heteroatoms. The van der Waals surface area contributed by atoms with E-state index in [4.69, 9.17) is 22.1 Å². The molecule has 21 heavy (non-hydrogen) atoms. The highest BCUT2D eigenvalue weighted by atomic mass is 35.5. The van der Waals surface area contributed by atoms with Crippen molar-refractivity contribution in [3.05, 3.63) is 63.9 Å². The van der Waals surface area contributed by atoms with Gasteiger partial charge >= 0.3 is 0 Å². The summed E-state index contributed by atoms with van der Waals surface area (Å²) >= 11 is 5.87. The fourth-order valence-corrected chi connectivity index (χ4v) is 2.91. The van der Waals surface area contributed by atoms with Crippen molar-refractivity contribution in [2.45, 2.75) is 31.9 Å². The Balaban J connectivity index is 1.76. The van der Waals surface area contributed by atoms with E-state index in [1.165, 1.54) is 17.7 Å². The van der Waals surface area contributed by atoms with Crippen molar-refractivity contribution in [2.75, 3.05) is 0 Å². The molecule has 2 aromatic carbocycles. The second-order valence-electron chi connectivity index (χ2n) is 5.38. The first kappa shape index (κ1) is 14.4. The summed E-state index contributed by atoms with van der Waals surface area (Å²) in [5, 5.41) is 0.502. The van der Waals surface area contributed by atoms with E-state index >= 15 is 0 Å². The Bertz CT molecular complexity index is 659. The van der Waals surface area contributed by atoms with Gasteiger partial charge in [0.2, 0.25) is 0 Å². The zero-order valence-corrected chi connectivity index (χ0v) is 12.4. The van der Waals surface area contributed by atoms with Gasteiger partial charge in [-0.1, -0.05) is 17.7 Å². The van der Waals surface area contributed by atoms with Gasteiger partial charge < -0.3 is 10.5 Å². The van der Waals surface area contributed by atoms with Crippen LogP contribution in [0, 0.1) is 5.82 Å². The highest BCUT2D eigenvalue weighted by Crippen LogP contribution is 2.31. The van der Waals surface area contributed by atoms with E-state index < -0.39 is 0 Å². The molecule has 0 unspecified atom stereocenters. The maximum Gasteiger partial charge on any atom is 0.129 e. The van der Waals surface area contributed by atoms with Gasteiger partial charge in [-0.25, -0.2) is 4.39 Å². The van der Waals surface area contributed by atoms with Crippen LogP contribution in [0.1, 0.15) is 35.6 Å². The van der Waals surface area contributed by atoms with Crippen molar-refractivity contribution in [1.29, 1.82) is 0 Å². The molecule has 3 rings (SSSR count). The summed E-state index contributed by atoms with van der Waals surface area (Å²) in [7, 11) is 0. The van der Waals surface area contributed by atoms with E-state index in [0.717, 1.165) is 24.8 Å². The van der Waals surface area contributed by atoms with Crippen LogP contribution in [0.2, 0.25) is 5.02 Å². The molecule has 0 radical (unpaired) electrons. The minimum absolute atomic E-state index is 0.0696. The van der Waals surface area contributed by atoms with Crippen molar-refractivity contribution in [1.82, 2.24) is 0 Å². The van der Waals surface area contributed by atoms with Crippen molar-refractivity contribution in [2.24, 2.45) is 5.73 Å². The topological polar surface area (TPSA) is 35.2 Å². The van der Waals surface area contributed by atoms with E-state index in [9.17, 15) is 4.39 Å². The molecule has 110 valence electrons. The van der Waals surface area contributed by atoms with Crippen molar-refractivity contribution < 1.29 is 9.13 Å². The zero-order valence-electron chi connectivity index (χ0n) is 11.6. The molecule has 0 amide bonds. The number of hydrogen-bond donors (Lipinski definition) is 1. The maximum atomic E-state index is 13.6. The van der Waals surface area contributed by atoms with Gasteiger partial charge in [0.25, 0.3) is 0 Å². The molecular weight excluding hydrogens is 289 g/mol. The molecule has 0 spiro atoms. The first-order valence-electron chi connectivity index (χ1n) is 7.08. The summed E-state index contributed by atoms with van der Waals surface area (Å²) in [5.41, 5.74) is 9.01. The normalized spacial score (nSPS) is 17.4. The van der Waals surface area contributed by atoms with Crippen LogP contribution >= 0.6 is 11.6 Å². The lowest BCUT2D eigenvalue weighted by atomic mass is 9.88. The van der Waals surface area contributed by atoms with Crippen LogP contribution in [-0.4, -0.2) is 0 Å². The highest BCUT2D eigenvalue weighted by Gasteiger charge is 2.17. The number of benzene rings is 2. The molecule has 0 bridgehead atoms. The predicted molar refractivity (Wildman–Crippen MR) is 82.1 cm³/mol. The summed E-state index contributed by atoms with van der Waals surface area (Å²) in [6, 6.07) is 10.5. The molecule has 0 aromatic heterocycles. The predicted octanol–water partition coefficient (Wildman–Crippen LogP) is 4.39. The van der Waals surface area contributed by atoms with Gasteiger partial charge in [0.1, 0.15) is 18.2 Å². The average molecular weight is 306 g/mol. The number of nitrogens with two attached hydrogens (primary N) is 1. The monoisotopic (exact) mass is 305 g/mol. The van der Waals surface area contributed by atoms with Gasteiger partial charge in [-0.05, 0) is 60.7 Å². The van der Waals surface area contributed by atoms with Crippen LogP contribution < -0.4 is 10.5 Å². The van der Waals surface area contributed by atoms with E-state index in [-0.39, 0.29) is 18.5 Å². The average Bonchev–Trinajstić information content (AvgIpc) is 2.49. The van der Waals surface area contributed by atoms with E-state index in [2.05, 4.69) is 6.07 Å². The van der Waals surface area contributed by atoms with Crippen LogP contribution in [0.4, 0.5) is 4.39 Å². The van der Waals surface area contributed by atoms with Crippen LogP contribution in [0.15, 0.2) is 36.4 Å². The van der Waals surface area contributed by atoms with Crippen LogP contribution in [0.25, 0.3) is 0 Å². The molecule has 2 nitrogen and oxygen atoms in total. The number of ether oxygens (including phenoxy) is 1. The van der Waals surface area contributed by atoms with Gasteiger partial charge in [-0.2, -0.15) is 0 Å². The van der Waals surface area contributed by atoms with E-state index in [1.807, 2.05) is 12.1 Å². The van der Waals surface area contributed by atoms with E-state index in [1.54, 1.807) is 6.07 Å². The SMILES string of the molecule is N[C@H]1CCCc2ccc(OCc3cc(Cl)ccc3F)cc21. The Kier molecular flexibility index (Phi) is 4.13. The first-order valence-corrected chi connectivity index (χ1v) is 7.46. The van der Waals surface area contributed by atoms with Crippen LogP contribution in [0.3, 0.4) is 0 Å². The van der Waals surface area contributed by atoms with Gasteiger partial charge in [-0.15, -0.1) is 0 Å². The molecule has 1 atom stereocenters. The second kappa shape index (κ2) is 6.04. The number of halogens is 2. The third-order valence-corrected chi connectivity index (χ3v) is 4.12. The molecule has 2 N–H and O–H groups in total.